The van der Waals surface area contributed by atoms with Crippen LogP contribution < -0.4 is 15.0 Å². The van der Waals surface area contributed by atoms with Crippen molar-refractivity contribution in [2.24, 2.45) is 0 Å². The molecule has 4 rings (SSSR count). The smallest absolute Gasteiger partial charge is 0.415 e. The van der Waals surface area contributed by atoms with Gasteiger partial charge in [0.1, 0.15) is 30.2 Å². The summed E-state index contributed by atoms with van der Waals surface area (Å²) in [6.45, 7) is 1.86. The van der Waals surface area contributed by atoms with E-state index in [2.05, 4.69) is 10.3 Å². The van der Waals surface area contributed by atoms with Crippen molar-refractivity contribution in [1.29, 1.82) is 0 Å². The number of nitrogens with zero attached hydrogens (tertiary/aromatic N) is 2. The van der Waals surface area contributed by atoms with Gasteiger partial charge in [0, 0.05) is 18.7 Å². The van der Waals surface area contributed by atoms with Crippen LogP contribution >= 0.6 is 0 Å². The van der Waals surface area contributed by atoms with Crippen molar-refractivity contribution in [2.75, 3.05) is 18.1 Å². The number of ether oxygens (including phenoxy) is 2. The second kappa shape index (κ2) is 6.84. The standard InChI is InChI=1S/C19H17N3O6/c1-10(23)20-8-17-15-9-27-16-6-11(3-5-14(16)22(15)19(26)28-17)12-2-4-13(18(24)25)21-7-12/h2-7,15,17H,8-9H2,1H3,(H,20,23)(H,24,25)/t15-,17-/m0/s1. The van der Waals surface area contributed by atoms with Gasteiger partial charge in [-0.3, -0.25) is 9.69 Å². The number of rotatable bonds is 4. The summed E-state index contributed by atoms with van der Waals surface area (Å²) in [7, 11) is 0. The molecule has 144 valence electrons. The molecule has 0 spiro atoms. The third-order valence-corrected chi connectivity index (χ3v) is 4.71. The number of aromatic nitrogens is 1. The molecule has 0 bridgehead atoms. The molecule has 0 aliphatic carbocycles. The maximum Gasteiger partial charge on any atom is 0.415 e. The Balaban J connectivity index is 1.59. The van der Waals surface area contributed by atoms with E-state index in [1.807, 2.05) is 0 Å². The lowest BCUT2D eigenvalue weighted by Gasteiger charge is -2.31. The van der Waals surface area contributed by atoms with Crippen LogP contribution in [0.15, 0.2) is 36.5 Å². The summed E-state index contributed by atoms with van der Waals surface area (Å²) in [6, 6.07) is 8.10. The van der Waals surface area contributed by atoms with E-state index in [9.17, 15) is 14.4 Å². The Labute approximate surface area is 159 Å². The Morgan fingerprint density at radius 2 is 2.07 bits per heavy atom. The topological polar surface area (TPSA) is 118 Å². The first kappa shape index (κ1) is 17.8. The van der Waals surface area contributed by atoms with E-state index in [0.717, 1.165) is 11.1 Å². The van der Waals surface area contributed by atoms with Gasteiger partial charge < -0.3 is 19.9 Å². The van der Waals surface area contributed by atoms with E-state index in [0.29, 0.717) is 11.4 Å². The number of benzene rings is 1. The van der Waals surface area contributed by atoms with Gasteiger partial charge in [-0.2, -0.15) is 0 Å². The average Bonchev–Trinajstić information content (AvgIpc) is 3.02. The summed E-state index contributed by atoms with van der Waals surface area (Å²) in [5.41, 5.74) is 2.06. The van der Waals surface area contributed by atoms with Crippen LogP contribution in [0.2, 0.25) is 0 Å². The zero-order valence-corrected chi connectivity index (χ0v) is 14.9. The van der Waals surface area contributed by atoms with Crippen molar-refractivity contribution < 1.29 is 29.0 Å². The van der Waals surface area contributed by atoms with Crippen LogP contribution in [0.5, 0.6) is 5.75 Å². The highest BCUT2D eigenvalue weighted by molar-refractivity contribution is 5.94. The quantitative estimate of drug-likeness (QED) is 0.824. The number of carboxylic acids is 1. The molecule has 2 amide bonds. The van der Waals surface area contributed by atoms with Crippen LogP contribution in [0, 0.1) is 0 Å². The van der Waals surface area contributed by atoms with Crippen LogP contribution in [-0.2, 0) is 9.53 Å². The van der Waals surface area contributed by atoms with Crippen molar-refractivity contribution in [3.63, 3.8) is 0 Å². The monoisotopic (exact) mass is 383 g/mol. The first-order valence-corrected chi connectivity index (χ1v) is 8.65. The molecule has 2 aromatic rings. The number of carboxylic acid groups (broad SMARTS) is 1. The first-order chi connectivity index (χ1) is 13.4. The molecular weight excluding hydrogens is 366 g/mol. The van der Waals surface area contributed by atoms with Gasteiger partial charge in [0.15, 0.2) is 0 Å². The lowest BCUT2D eigenvalue weighted by atomic mass is 10.0. The zero-order chi connectivity index (χ0) is 19.8. The number of hydrogen-bond donors (Lipinski definition) is 2. The number of carbonyl (C=O) groups excluding carboxylic acids is 2. The molecule has 2 atom stereocenters. The SMILES string of the molecule is CC(=O)NC[C@@H]1OC(=O)N2c3ccc(-c4ccc(C(=O)O)nc4)cc3OC[C@@H]12. The third-order valence-electron chi connectivity index (χ3n) is 4.71. The largest absolute Gasteiger partial charge is 0.489 e. The normalized spacial score (nSPS) is 19.9. The maximum atomic E-state index is 12.4. The molecule has 2 N–H and O–H groups in total. The predicted molar refractivity (Wildman–Crippen MR) is 97.3 cm³/mol. The van der Waals surface area contributed by atoms with Crippen molar-refractivity contribution in [1.82, 2.24) is 10.3 Å². The Bertz CT molecular complexity index is 959. The van der Waals surface area contributed by atoms with Gasteiger partial charge in [-0.15, -0.1) is 0 Å². The molecule has 1 aromatic heterocycles. The van der Waals surface area contributed by atoms with Gasteiger partial charge in [-0.25, -0.2) is 14.6 Å². The van der Waals surface area contributed by atoms with Crippen molar-refractivity contribution in [3.05, 3.63) is 42.2 Å². The second-order valence-corrected chi connectivity index (χ2v) is 6.53. The molecule has 1 fully saturated rings. The summed E-state index contributed by atoms with van der Waals surface area (Å²) in [4.78, 5) is 39.9. The fraction of sp³-hybridized carbons (Fsp3) is 0.263. The van der Waals surface area contributed by atoms with E-state index >= 15 is 0 Å². The van der Waals surface area contributed by atoms with Gasteiger partial charge in [0.05, 0.1) is 12.2 Å². The number of pyridine rings is 1. The Morgan fingerprint density at radius 3 is 2.75 bits per heavy atom. The van der Waals surface area contributed by atoms with E-state index in [4.69, 9.17) is 14.6 Å². The maximum absolute atomic E-state index is 12.4. The predicted octanol–water partition coefficient (Wildman–Crippen LogP) is 1.67. The molecule has 0 saturated carbocycles. The van der Waals surface area contributed by atoms with E-state index in [1.165, 1.54) is 19.2 Å². The summed E-state index contributed by atoms with van der Waals surface area (Å²) in [5.74, 6) is -0.764. The summed E-state index contributed by atoms with van der Waals surface area (Å²) in [5, 5.41) is 11.6. The fourth-order valence-corrected chi connectivity index (χ4v) is 3.32. The average molecular weight is 383 g/mol. The molecule has 9 nitrogen and oxygen atoms in total. The first-order valence-electron chi connectivity index (χ1n) is 8.65. The Morgan fingerprint density at radius 1 is 1.29 bits per heavy atom. The second-order valence-electron chi connectivity index (χ2n) is 6.53. The number of anilines is 1. The minimum absolute atomic E-state index is 0.0363. The number of amides is 2. The minimum atomic E-state index is -1.09. The lowest BCUT2D eigenvalue weighted by molar-refractivity contribution is -0.119. The molecule has 28 heavy (non-hydrogen) atoms. The number of carbonyl (C=O) groups is 3. The van der Waals surface area contributed by atoms with Gasteiger partial charge in [0.25, 0.3) is 0 Å². The summed E-state index contributed by atoms with van der Waals surface area (Å²) >= 11 is 0. The highest BCUT2D eigenvalue weighted by atomic mass is 16.6. The van der Waals surface area contributed by atoms with Crippen LogP contribution in [0.3, 0.4) is 0 Å². The summed E-state index contributed by atoms with van der Waals surface area (Å²) in [6.07, 6.45) is 0.506. The number of nitrogens with one attached hydrogen (secondary N) is 1. The van der Waals surface area contributed by atoms with Crippen LogP contribution in [0.1, 0.15) is 17.4 Å². The van der Waals surface area contributed by atoms with Crippen molar-refractivity contribution >= 4 is 23.7 Å². The summed E-state index contributed by atoms with van der Waals surface area (Å²) < 4.78 is 11.2. The van der Waals surface area contributed by atoms with E-state index in [-0.39, 0.29) is 30.8 Å². The Hall–Kier alpha value is -3.62. The molecule has 9 heteroatoms. The number of cyclic esters (lactones) is 1. The van der Waals surface area contributed by atoms with Crippen molar-refractivity contribution in [2.45, 2.75) is 19.1 Å². The van der Waals surface area contributed by atoms with Gasteiger partial charge >= 0.3 is 12.1 Å². The highest BCUT2D eigenvalue weighted by Gasteiger charge is 2.46. The molecule has 1 aromatic carbocycles. The number of hydrogen-bond acceptors (Lipinski definition) is 6. The van der Waals surface area contributed by atoms with Gasteiger partial charge in [-0.1, -0.05) is 12.1 Å². The lowest BCUT2D eigenvalue weighted by Crippen LogP contribution is -2.47. The van der Waals surface area contributed by atoms with E-state index in [1.54, 1.807) is 29.2 Å². The minimum Gasteiger partial charge on any atom is -0.489 e. The van der Waals surface area contributed by atoms with Crippen LogP contribution in [0.25, 0.3) is 11.1 Å². The molecule has 2 aliphatic rings. The fourth-order valence-electron chi connectivity index (χ4n) is 3.32. The molecular formula is C19H17N3O6. The molecule has 3 heterocycles. The molecule has 0 unspecified atom stereocenters. The number of fused-ring (bicyclic) bond motifs is 3. The molecule has 0 radical (unpaired) electrons. The molecule has 1 saturated heterocycles. The van der Waals surface area contributed by atoms with E-state index < -0.39 is 18.2 Å². The zero-order valence-electron chi connectivity index (χ0n) is 14.9. The molecule has 2 aliphatic heterocycles. The highest BCUT2D eigenvalue weighted by Crippen LogP contribution is 2.40. The van der Waals surface area contributed by atoms with Gasteiger partial charge in [0.2, 0.25) is 5.91 Å². The Kier molecular flexibility index (Phi) is 4.34. The van der Waals surface area contributed by atoms with Crippen LogP contribution in [-0.4, -0.2) is 53.4 Å². The van der Waals surface area contributed by atoms with Crippen molar-refractivity contribution in [3.8, 4) is 16.9 Å². The number of aromatic carboxylic acids is 1. The van der Waals surface area contributed by atoms with Crippen LogP contribution in [0.4, 0.5) is 10.5 Å². The van der Waals surface area contributed by atoms with Gasteiger partial charge in [-0.05, 0) is 23.8 Å². The third kappa shape index (κ3) is 3.11.